The van der Waals surface area contributed by atoms with Gasteiger partial charge in [0.25, 0.3) is 0 Å². The van der Waals surface area contributed by atoms with Crippen molar-refractivity contribution < 1.29 is 4.79 Å². The highest BCUT2D eigenvalue weighted by molar-refractivity contribution is 6.11. The Morgan fingerprint density at radius 2 is 2.07 bits per heavy atom. The monoisotopic (exact) mass is 202 g/mol. The third-order valence-electron chi connectivity index (χ3n) is 2.79. The van der Waals surface area contributed by atoms with E-state index in [4.69, 9.17) is 0 Å². The van der Waals surface area contributed by atoms with Gasteiger partial charge in [0.15, 0.2) is 0 Å². The van der Waals surface area contributed by atoms with Crippen molar-refractivity contribution in [3.05, 3.63) is 29.3 Å². The van der Waals surface area contributed by atoms with Gasteiger partial charge in [0.2, 0.25) is 5.91 Å². The van der Waals surface area contributed by atoms with Gasteiger partial charge in [0, 0.05) is 18.3 Å². The normalized spacial score (nSPS) is 15.8. The molecule has 1 aromatic rings. The highest BCUT2D eigenvalue weighted by atomic mass is 16.2. The fourth-order valence-corrected chi connectivity index (χ4v) is 1.90. The summed E-state index contributed by atoms with van der Waals surface area (Å²) in [5.74, 6) is 0.0439. The number of likely N-dealkylation sites (N-methyl/N-ethyl adjacent to an activating group) is 1. The maximum atomic E-state index is 11.7. The quantitative estimate of drug-likeness (QED) is 0.631. The molecule has 1 heterocycles. The maximum Gasteiger partial charge on any atom is 0.248 e. The Morgan fingerprint density at radius 3 is 2.80 bits per heavy atom. The molecule has 0 unspecified atom stereocenters. The van der Waals surface area contributed by atoms with Crippen molar-refractivity contribution in [1.29, 1.82) is 0 Å². The van der Waals surface area contributed by atoms with E-state index in [1.165, 1.54) is 0 Å². The van der Waals surface area contributed by atoms with E-state index in [-0.39, 0.29) is 12.5 Å². The molecule has 1 aliphatic heterocycles. The molecule has 0 radical (unpaired) electrons. The lowest BCUT2D eigenvalue weighted by Crippen LogP contribution is -2.28. The van der Waals surface area contributed by atoms with Crippen molar-refractivity contribution in [2.75, 3.05) is 18.5 Å². The summed E-state index contributed by atoms with van der Waals surface area (Å²) in [7, 11) is 1.81. The third-order valence-corrected chi connectivity index (χ3v) is 2.79. The van der Waals surface area contributed by atoms with Crippen LogP contribution in [0.1, 0.15) is 18.1 Å². The number of benzodiazepines with no additional fused rings is 1. The average molecular weight is 202 g/mol. The number of rotatable bonds is 0. The summed E-state index contributed by atoms with van der Waals surface area (Å²) >= 11 is 0. The molecule has 3 nitrogen and oxygen atoms in total. The van der Waals surface area contributed by atoms with Crippen LogP contribution in [0.25, 0.3) is 0 Å². The number of aryl methyl sites for hydroxylation is 1. The largest absolute Gasteiger partial charge is 0.313 e. The van der Waals surface area contributed by atoms with Crippen LogP contribution in [0.5, 0.6) is 0 Å². The number of aliphatic imine (C=N–C) groups is 1. The standard InChI is InChI=1S/C12H14N2O/c1-8-5-4-6-10-9(2)13-7-11(15)14(3)12(8)10/h4-6H,7H2,1-3H3. The summed E-state index contributed by atoms with van der Waals surface area (Å²) in [5, 5.41) is 0. The Hall–Kier alpha value is -1.64. The molecule has 0 atom stereocenters. The fourth-order valence-electron chi connectivity index (χ4n) is 1.90. The predicted octanol–water partition coefficient (Wildman–Crippen LogP) is 1.78. The van der Waals surface area contributed by atoms with Gasteiger partial charge in [-0.25, -0.2) is 0 Å². The van der Waals surface area contributed by atoms with Crippen molar-refractivity contribution in [2.24, 2.45) is 4.99 Å². The van der Waals surface area contributed by atoms with E-state index in [0.717, 1.165) is 22.5 Å². The summed E-state index contributed by atoms with van der Waals surface area (Å²) in [6.45, 7) is 4.21. The number of nitrogens with zero attached hydrogens (tertiary/aromatic N) is 2. The van der Waals surface area contributed by atoms with Crippen molar-refractivity contribution >= 4 is 17.3 Å². The molecule has 15 heavy (non-hydrogen) atoms. The van der Waals surface area contributed by atoms with Gasteiger partial charge in [0.1, 0.15) is 6.54 Å². The summed E-state index contributed by atoms with van der Waals surface area (Å²) in [5.41, 5.74) is 4.09. The van der Waals surface area contributed by atoms with E-state index in [2.05, 4.69) is 4.99 Å². The summed E-state index contributed by atoms with van der Waals surface area (Å²) in [4.78, 5) is 17.7. The molecule has 3 heteroatoms. The van der Waals surface area contributed by atoms with E-state index in [9.17, 15) is 4.79 Å². The molecule has 0 N–H and O–H groups in total. The van der Waals surface area contributed by atoms with Crippen molar-refractivity contribution in [3.8, 4) is 0 Å². The second kappa shape index (κ2) is 3.50. The van der Waals surface area contributed by atoms with Gasteiger partial charge in [-0.3, -0.25) is 9.79 Å². The van der Waals surface area contributed by atoms with Crippen LogP contribution in [0.3, 0.4) is 0 Å². The Kier molecular flexibility index (Phi) is 2.31. The first-order valence-corrected chi connectivity index (χ1v) is 4.99. The van der Waals surface area contributed by atoms with Crippen molar-refractivity contribution in [3.63, 3.8) is 0 Å². The Morgan fingerprint density at radius 1 is 1.33 bits per heavy atom. The van der Waals surface area contributed by atoms with Crippen LogP contribution in [0.15, 0.2) is 23.2 Å². The van der Waals surface area contributed by atoms with E-state index in [1.54, 1.807) is 4.90 Å². The number of hydrogen-bond acceptors (Lipinski definition) is 2. The number of carbonyl (C=O) groups excluding carboxylic acids is 1. The first-order valence-electron chi connectivity index (χ1n) is 4.99. The lowest BCUT2D eigenvalue weighted by Gasteiger charge is -2.19. The minimum Gasteiger partial charge on any atom is -0.313 e. The summed E-state index contributed by atoms with van der Waals surface area (Å²) in [6, 6.07) is 6.02. The first kappa shape index (κ1) is 9.90. The zero-order chi connectivity index (χ0) is 11.0. The second-order valence-corrected chi connectivity index (χ2v) is 3.83. The molecular formula is C12H14N2O. The first-order chi connectivity index (χ1) is 7.11. The minimum atomic E-state index is 0.0439. The lowest BCUT2D eigenvalue weighted by atomic mass is 10.0. The van der Waals surface area contributed by atoms with E-state index >= 15 is 0 Å². The number of fused-ring (bicyclic) bond motifs is 1. The van der Waals surface area contributed by atoms with Gasteiger partial charge in [-0.05, 0) is 19.4 Å². The van der Waals surface area contributed by atoms with Crippen molar-refractivity contribution in [2.45, 2.75) is 13.8 Å². The van der Waals surface area contributed by atoms with Crippen LogP contribution in [-0.2, 0) is 4.79 Å². The predicted molar refractivity (Wildman–Crippen MR) is 61.7 cm³/mol. The molecule has 1 aliphatic rings. The molecule has 2 rings (SSSR count). The Balaban J connectivity index is 2.69. The van der Waals surface area contributed by atoms with Crippen LogP contribution in [0.4, 0.5) is 5.69 Å². The fraction of sp³-hybridized carbons (Fsp3) is 0.333. The second-order valence-electron chi connectivity index (χ2n) is 3.83. The van der Waals surface area contributed by atoms with Crippen LogP contribution in [0, 0.1) is 6.92 Å². The van der Waals surface area contributed by atoms with Gasteiger partial charge in [-0.15, -0.1) is 0 Å². The zero-order valence-electron chi connectivity index (χ0n) is 9.24. The van der Waals surface area contributed by atoms with Crippen LogP contribution < -0.4 is 4.90 Å². The highest BCUT2D eigenvalue weighted by Crippen LogP contribution is 2.26. The SMILES string of the molecule is CC1=NCC(=O)N(C)c2c(C)cccc21. The minimum absolute atomic E-state index is 0.0439. The third kappa shape index (κ3) is 1.54. The van der Waals surface area contributed by atoms with Crippen molar-refractivity contribution in [1.82, 2.24) is 0 Å². The molecule has 0 aromatic heterocycles. The number of benzene rings is 1. The number of para-hydroxylation sites is 1. The van der Waals surface area contributed by atoms with Gasteiger partial charge >= 0.3 is 0 Å². The zero-order valence-corrected chi connectivity index (χ0v) is 9.24. The molecule has 0 saturated heterocycles. The molecule has 0 bridgehead atoms. The number of carbonyl (C=O) groups is 1. The van der Waals surface area contributed by atoms with Crippen LogP contribution >= 0.6 is 0 Å². The lowest BCUT2D eigenvalue weighted by molar-refractivity contribution is -0.116. The number of amides is 1. The maximum absolute atomic E-state index is 11.7. The molecule has 78 valence electrons. The van der Waals surface area contributed by atoms with Gasteiger partial charge in [-0.1, -0.05) is 18.2 Å². The molecule has 1 amide bonds. The van der Waals surface area contributed by atoms with Crippen LogP contribution in [-0.4, -0.2) is 25.2 Å². The Bertz CT molecular complexity index is 449. The average Bonchev–Trinajstić information content (AvgIpc) is 2.32. The van der Waals surface area contributed by atoms with Gasteiger partial charge < -0.3 is 4.90 Å². The van der Waals surface area contributed by atoms with E-state index in [1.807, 2.05) is 39.1 Å². The highest BCUT2D eigenvalue weighted by Gasteiger charge is 2.20. The van der Waals surface area contributed by atoms with Gasteiger partial charge in [-0.2, -0.15) is 0 Å². The van der Waals surface area contributed by atoms with Gasteiger partial charge in [0.05, 0.1) is 5.69 Å². The smallest absolute Gasteiger partial charge is 0.248 e. The molecule has 0 saturated carbocycles. The van der Waals surface area contributed by atoms with Crippen LogP contribution in [0.2, 0.25) is 0 Å². The van der Waals surface area contributed by atoms with E-state index < -0.39 is 0 Å². The topological polar surface area (TPSA) is 32.7 Å². The molecule has 0 spiro atoms. The summed E-state index contributed by atoms with van der Waals surface area (Å²) < 4.78 is 0. The number of hydrogen-bond donors (Lipinski definition) is 0. The van der Waals surface area contributed by atoms with E-state index in [0.29, 0.717) is 0 Å². The molecule has 0 aliphatic carbocycles. The molecule has 0 fully saturated rings. The number of anilines is 1. The molecular weight excluding hydrogens is 188 g/mol. The summed E-state index contributed by atoms with van der Waals surface area (Å²) in [6.07, 6.45) is 0. The molecule has 1 aromatic carbocycles. The Labute approximate surface area is 89.4 Å².